The predicted molar refractivity (Wildman–Crippen MR) is 84.2 cm³/mol. The number of furan rings is 1. The Balaban J connectivity index is 2.50. The smallest absolute Gasteiger partial charge is 0.329 e. The lowest BCUT2D eigenvalue weighted by Gasteiger charge is -2.24. The van der Waals surface area contributed by atoms with Crippen LogP contribution in [0, 0.1) is 20.8 Å². The monoisotopic (exact) mass is 303 g/mol. The number of nitrogens with one attached hydrogen (secondary N) is 1. The number of rotatable bonds is 4. The molecule has 2 rings (SSSR count). The zero-order valence-electron chi connectivity index (χ0n) is 13.5. The highest BCUT2D eigenvalue weighted by Gasteiger charge is 2.34. The van der Waals surface area contributed by atoms with E-state index in [1.807, 2.05) is 32.9 Å². The number of benzene rings is 1. The maximum atomic E-state index is 12.5. The quantitative estimate of drug-likeness (QED) is 0.908. The number of carboxylic acid groups (broad SMARTS) is 1. The lowest BCUT2D eigenvalue weighted by atomic mass is 9.98. The van der Waals surface area contributed by atoms with Gasteiger partial charge in [0.1, 0.15) is 11.1 Å². The van der Waals surface area contributed by atoms with Gasteiger partial charge in [0.2, 0.25) is 0 Å². The van der Waals surface area contributed by atoms with Gasteiger partial charge in [0, 0.05) is 10.9 Å². The van der Waals surface area contributed by atoms with E-state index in [4.69, 9.17) is 4.42 Å². The van der Waals surface area contributed by atoms with Crippen LogP contribution in [0.25, 0.3) is 11.0 Å². The van der Waals surface area contributed by atoms with Crippen molar-refractivity contribution in [2.24, 2.45) is 0 Å². The number of hydrogen-bond donors (Lipinski definition) is 2. The second-order valence-electron chi connectivity index (χ2n) is 5.90. The molecule has 5 nitrogen and oxygen atoms in total. The minimum Gasteiger partial charge on any atom is -0.480 e. The molecule has 2 N–H and O–H groups in total. The van der Waals surface area contributed by atoms with Crippen LogP contribution >= 0.6 is 0 Å². The van der Waals surface area contributed by atoms with Gasteiger partial charge < -0.3 is 14.8 Å². The molecule has 0 spiro atoms. The number of carbonyl (C=O) groups is 2. The summed E-state index contributed by atoms with van der Waals surface area (Å²) in [6.45, 7) is 8.90. The van der Waals surface area contributed by atoms with Gasteiger partial charge in [-0.25, -0.2) is 4.79 Å². The molecule has 0 radical (unpaired) electrons. The highest BCUT2D eigenvalue weighted by atomic mass is 16.4. The van der Waals surface area contributed by atoms with E-state index in [2.05, 4.69) is 5.32 Å². The number of aryl methyl sites for hydroxylation is 3. The molecule has 5 heteroatoms. The highest BCUT2D eigenvalue weighted by Crippen LogP contribution is 2.30. The van der Waals surface area contributed by atoms with Gasteiger partial charge in [-0.05, 0) is 45.2 Å². The second kappa shape index (κ2) is 5.48. The van der Waals surface area contributed by atoms with E-state index in [1.54, 1.807) is 6.92 Å². The van der Waals surface area contributed by atoms with Crippen LogP contribution in [0.3, 0.4) is 0 Å². The lowest BCUT2D eigenvalue weighted by Crippen LogP contribution is -2.51. The zero-order chi connectivity index (χ0) is 16.7. The standard InChI is InChI=1S/C17H21NO4/c1-6-17(5,16(20)21)18-15(19)14-11(4)12-9(2)7-8-10(3)13(12)22-14/h7-8H,6H2,1-5H3,(H,18,19)(H,20,21). The summed E-state index contributed by atoms with van der Waals surface area (Å²) in [6, 6.07) is 3.92. The summed E-state index contributed by atoms with van der Waals surface area (Å²) < 4.78 is 5.74. The van der Waals surface area contributed by atoms with E-state index < -0.39 is 17.4 Å². The zero-order valence-corrected chi connectivity index (χ0v) is 13.5. The average Bonchev–Trinajstić information content (AvgIpc) is 2.81. The number of carboxylic acids is 1. The molecule has 0 aliphatic rings. The van der Waals surface area contributed by atoms with Crippen LogP contribution in [0.2, 0.25) is 0 Å². The van der Waals surface area contributed by atoms with Crippen LogP contribution in [0.4, 0.5) is 0 Å². The van der Waals surface area contributed by atoms with E-state index in [-0.39, 0.29) is 12.2 Å². The van der Waals surface area contributed by atoms with Crippen LogP contribution in [-0.2, 0) is 4.79 Å². The van der Waals surface area contributed by atoms with Crippen LogP contribution in [0.5, 0.6) is 0 Å². The predicted octanol–water partition coefficient (Wildman–Crippen LogP) is 3.34. The third-order valence-electron chi connectivity index (χ3n) is 4.26. The van der Waals surface area contributed by atoms with E-state index >= 15 is 0 Å². The Morgan fingerprint density at radius 2 is 1.82 bits per heavy atom. The molecule has 2 aromatic rings. The minimum absolute atomic E-state index is 0.174. The average molecular weight is 303 g/mol. The molecular weight excluding hydrogens is 282 g/mol. The number of amides is 1. The Labute approximate surface area is 129 Å². The topological polar surface area (TPSA) is 79.5 Å². The van der Waals surface area contributed by atoms with Crippen LogP contribution in [-0.4, -0.2) is 22.5 Å². The van der Waals surface area contributed by atoms with Gasteiger partial charge in [0.05, 0.1) is 0 Å². The fourth-order valence-corrected chi connectivity index (χ4v) is 2.49. The fraction of sp³-hybridized carbons (Fsp3) is 0.412. The molecule has 0 saturated carbocycles. The molecule has 0 bridgehead atoms. The summed E-state index contributed by atoms with van der Waals surface area (Å²) in [5.41, 5.74) is 2.07. The first-order valence-corrected chi connectivity index (χ1v) is 7.26. The van der Waals surface area contributed by atoms with Crippen molar-refractivity contribution in [3.05, 3.63) is 34.6 Å². The molecule has 1 heterocycles. The molecule has 0 fully saturated rings. The fourth-order valence-electron chi connectivity index (χ4n) is 2.49. The number of carbonyl (C=O) groups excluding carboxylic acids is 1. The molecule has 1 unspecified atom stereocenters. The van der Waals surface area contributed by atoms with Crippen LogP contribution < -0.4 is 5.32 Å². The van der Waals surface area contributed by atoms with Crippen molar-refractivity contribution in [1.82, 2.24) is 5.32 Å². The molecule has 22 heavy (non-hydrogen) atoms. The van der Waals surface area contributed by atoms with E-state index in [9.17, 15) is 14.7 Å². The van der Waals surface area contributed by atoms with Crippen molar-refractivity contribution in [2.45, 2.75) is 46.6 Å². The molecular formula is C17H21NO4. The lowest BCUT2D eigenvalue weighted by molar-refractivity contribution is -0.143. The second-order valence-corrected chi connectivity index (χ2v) is 5.90. The molecule has 118 valence electrons. The Bertz CT molecular complexity index is 760. The first-order valence-electron chi connectivity index (χ1n) is 7.26. The first-order chi connectivity index (χ1) is 10.2. The summed E-state index contributed by atoms with van der Waals surface area (Å²) in [4.78, 5) is 23.8. The highest BCUT2D eigenvalue weighted by molar-refractivity contribution is 6.02. The number of aliphatic carboxylic acids is 1. The van der Waals surface area contributed by atoms with Crippen molar-refractivity contribution < 1.29 is 19.1 Å². The molecule has 0 saturated heterocycles. The maximum absolute atomic E-state index is 12.5. The number of fused-ring (bicyclic) bond motifs is 1. The third kappa shape index (κ3) is 2.47. The maximum Gasteiger partial charge on any atom is 0.329 e. The summed E-state index contributed by atoms with van der Waals surface area (Å²) in [5, 5.41) is 12.8. The van der Waals surface area contributed by atoms with Gasteiger partial charge in [0.15, 0.2) is 5.76 Å². The number of hydrogen-bond acceptors (Lipinski definition) is 3. The largest absolute Gasteiger partial charge is 0.480 e. The van der Waals surface area contributed by atoms with E-state index in [0.717, 1.165) is 22.1 Å². The van der Waals surface area contributed by atoms with Crippen molar-refractivity contribution in [1.29, 1.82) is 0 Å². The Morgan fingerprint density at radius 1 is 1.23 bits per heavy atom. The van der Waals surface area contributed by atoms with Crippen LogP contribution in [0.15, 0.2) is 16.5 Å². The van der Waals surface area contributed by atoms with E-state index in [0.29, 0.717) is 5.58 Å². The normalized spacial score (nSPS) is 13.9. The summed E-state index contributed by atoms with van der Waals surface area (Å²) in [5.74, 6) is -1.39. The molecule has 1 atom stereocenters. The van der Waals surface area contributed by atoms with Gasteiger partial charge in [-0.15, -0.1) is 0 Å². The summed E-state index contributed by atoms with van der Waals surface area (Å²) in [6.07, 6.45) is 0.283. The Morgan fingerprint density at radius 3 is 2.32 bits per heavy atom. The SMILES string of the molecule is CCC(C)(NC(=O)c1oc2c(C)ccc(C)c2c1C)C(=O)O. The van der Waals surface area contributed by atoms with Crippen molar-refractivity contribution in [2.75, 3.05) is 0 Å². The molecule has 1 aromatic heterocycles. The van der Waals surface area contributed by atoms with Gasteiger partial charge in [-0.2, -0.15) is 0 Å². The summed E-state index contributed by atoms with van der Waals surface area (Å²) in [7, 11) is 0. The Hall–Kier alpha value is -2.30. The molecule has 1 amide bonds. The van der Waals surface area contributed by atoms with Crippen molar-refractivity contribution >= 4 is 22.8 Å². The van der Waals surface area contributed by atoms with Crippen molar-refractivity contribution in [3.63, 3.8) is 0 Å². The minimum atomic E-state index is -1.31. The van der Waals surface area contributed by atoms with E-state index in [1.165, 1.54) is 6.92 Å². The Kier molecular flexibility index (Phi) is 4.00. The molecule has 0 aliphatic carbocycles. The van der Waals surface area contributed by atoms with Gasteiger partial charge in [-0.3, -0.25) is 4.79 Å². The first kappa shape index (κ1) is 16.1. The van der Waals surface area contributed by atoms with Crippen molar-refractivity contribution in [3.8, 4) is 0 Å². The van der Waals surface area contributed by atoms with Gasteiger partial charge >= 0.3 is 5.97 Å². The van der Waals surface area contributed by atoms with Gasteiger partial charge in [-0.1, -0.05) is 19.1 Å². The third-order valence-corrected chi connectivity index (χ3v) is 4.26. The van der Waals surface area contributed by atoms with Crippen LogP contribution in [0.1, 0.15) is 47.5 Å². The summed E-state index contributed by atoms with van der Waals surface area (Å²) >= 11 is 0. The van der Waals surface area contributed by atoms with Gasteiger partial charge in [0.25, 0.3) is 5.91 Å². The molecule has 0 aliphatic heterocycles. The molecule has 1 aromatic carbocycles.